The number of thiophene rings is 1. The molecular formula is C20H18BrN3O4S. The summed E-state index contributed by atoms with van der Waals surface area (Å²) in [6.45, 7) is 4.82. The molecule has 7 nitrogen and oxygen atoms in total. The fraction of sp³-hybridized carbons (Fsp3) is 0.200. The fourth-order valence-corrected chi connectivity index (χ4v) is 3.99. The molecule has 1 unspecified atom stereocenters. The summed E-state index contributed by atoms with van der Waals surface area (Å²) in [5.74, 6) is -0.518. The topological polar surface area (TPSA) is 97.4 Å². The number of hydrogen-bond donors (Lipinski definition) is 2. The van der Waals surface area contributed by atoms with Gasteiger partial charge >= 0.3 is 0 Å². The summed E-state index contributed by atoms with van der Waals surface area (Å²) in [4.78, 5) is 41.6. The molecule has 1 aromatic carbocycles. The number of nitrogens with zero attached hydrogens (tertiary/aromatic N) is 1. The van der Waals surface area contributed by atoms with Crippen LogP contribution in [-0.2, 0) is 4.79 Å². The molecule has 0 aliphatic rings. The van der Waals surface area contributed by atoms with Crippen LogP contribution in [0.15, 0.2) is 41.0 Å². The van der Waals surface area contributed by atoms with Gasteiger partial charge < -0.3 is 4.74 Å². The van der Waals surface area contributed by atoms with Crippen molar-refractivity contribution in [3.63, 3.8) is 0 Å². The number of aromatic nitrogens is 1. The summed E-state index contributed by atoms with van der Waals surface area (Å²) in [5, 5.41) is 0.741. The van der Waals surface area contributed by atoms with Crippen molar-refractivity contribution in [1.82, 2.24) is 15.8 Å². The maximum absolute atomic E-state index is 12.5. The molecule has 0 bridgehead atoms. The number of ketones is 1. The van der Waals surface area contributed by atoms with Crippen LogP contribution in [0, 0.1) is 6.92 Å². The number of Topliss-reactive ketones (excluding diaryl/α,β-unsaturated/α-hetero) is 1. The number of aryl methyl sites for hydroxylation is 1. The zero-order chi connectivity index (χ0) is 21.1. The second kappa shape index (κ2) is 8.71. The summed E-state index contributed by atoms with van der Waals surface area (Å²) < 4.78 is 6.40. The summed E-state index contributed by atoms with van der Waals surface area (Å²) in [6.07, 6.45) is 0.679. The lowest BCUT2D eigenvalue weighted by Crippen LogP contribution is -2.47. The fourth-order valence-electron chi connectivity index (χ4n) is 2.58. The Balaban J connectivity index is 1.66. The van der Waals surface area contributed by atoms with Crippen molar-refractivity contribution in [2.75, 3.05) is 0 Å². The molecule has 3 rings (SSSR count). The van der Waals surface area contributed by atoms with Crippen molar-refractivity contribution < 1.29 is 19.1 Å². The van der Waals surface area contributed by atoms with Crippen LogP contribution in [0.25, 0.3) is 10.2 Å². The number of pyridine rings is 1. The van der Waals surface area contributed by atoms with Crippen LogP contribution in [0.3, 0.4) is 0 Å². The molecule has 0 saturated carbocycles. The third-order valence-electron chi connectivity index (χ3n) is 4.18. The number of carbonyl (C=O) groups excluding carboxylic acids is 3. The third kappa shape index (κ3) is 4.80. The number of benzene rings is 1. The first-order chi connectivity index (χ1) is 13.8. The lowest BCUT2D eigenvalue weighted by molar-refractivity contribution is -0.128. The van der Waals surface area contributed by atoms with E-state index in [1.807, 2.05) is 6.07 Å². The molecule has 2 N–H and O–H groups in total. The Morgan fingerprint density at radius 2 is 1.97 bits per heavy atom. The molecular weight excluding hydrogens is 458 g/mol. The summed E-state index contributed by atoms with van der Waals surface area (Å²) in [5.41, 5.74) is 5.96. The first-order valence-corrected chi connectivity index (χ1v) is 10.3. The largest absolute Gasteiger partial charge is 0.481 e. The molecule has 150 valence electrons. The number of carbonyl (C=O) groups is 3. The lowest BCUT2D eigenvalue weighted by atomic mass is 10.1. The molecule has 1 atom stereocenters. The van der Waals surface area contributed by atoms with Crippen LogP contribution in [-0.4, -0.2) is 28.7 Å². The number of rotatable bonds is 5. The average molecular weight is 476 g/mol. The number of halogens is 1. The van der Waals surface area contributed by atoms with Gasteiger partial charge in [0.1, 0.15) is 10.6 Å². The van der Waals surface area contributed by atoms with Gasteiger partial charge in [-0.25, -0.2) is 4.98 Å². The molecule has 0 fully saturated rings. The van der Waals surface area contributed by atoms with Crippen molar-refractivity contribution in [2.45, 2.75) is 26.9 Å². The zero-order valence-corrected chi connectivity index (χ0v) is 18.3. The Bertz CT molecular complexity index is 1110. The van der Waals surface area contributed by atoms with E-state index in [-0.39, 0.29) is 5.78 Å². The zero-order valence-electron chi connectivity index (χ0n) is 15.9. The molecule has 2 aromatic heterocycles. The molecule has 2 heterocycles. The molecule has 3 aromatic rings. The van der Waals surface area contributed by atoms with E-state index in [4.69, 9.17) is 4.74 Å². The molecule has 0 radical (unpaired) electrons. The maximum Gasteiger partial charge on any atom is 0.280 e. The highest BCUT2D eigenvalue weighted by atomic mass is 79.9. The molecule has 29 heavy (non-hydrogen) atoms. The Kier molecular flexibility index (Phi) is 6.29. The smallest absolute Gasteiger partial charge is 0.280 e. The summed E-state index contributed by atoms with van der Waals surface area (Å²) >= 11 is 4.53. The third-order valence-corrected chi connectivity index (χ3v) is 5.89. The monoisotopic (exact) mass is 475 g/mol. The Morgan fingerprint density at radius 1 is 1.21 bits per heavy atom. The van der Waals surface area contributed by atoms with Crippen molar-refractivity contribution in [3.8, 4) is 5.75 Å². The molecule has 0 aliphatic carbocycles. The second-order valence-corrected chi connectivity index (χ2v) is 8.26. The number of ether oxygens (including phenoxy) is 1. The first-order valence-electron chi connectivity index (χ1n) is 8.68. The number of amides is 2. The molecule has 2 amide bonds. The van der Waals surface area contributed by atoms with Gasteiger partial charge in [0.2, 0.25) is 0 Å². The van der Waals surface area contributed by atoms with Crippen LogP contribution in [0.5, 0.6) is 5.75 Å². The maximum atomic E-state index is 12.5. The van der Waals surface area contributed by atoms with Gasteiger partial charge in [-0.15, -0.1) is 11.3 Å². The van der Waals surface area contributed by atoms with Crippen LogP contribution in [0.2, 0.25) is 0 Å². The summed E-state index contributed by atoms with van der Waals surface area (Å²) in [7, 11) is 0. The Hall–Kier alpha value is -2.78. The standard InChI is InChI=1S/C20H18BrN3O4S/c1-10-16-7-13(11(2)25)9-22-20(16)29-17(10)19(27)24-23-18(26)12(3)28-15-6-4-5-14(21)8-15/h4-9,12H,1-3H3,(H,23,26)(H,24,27). The second-order valence-electron chi connectivity index (χ2n) is 6.35. The lowest BCUT2D eigenvalue weighted by Gasteiger charge is -2.15. The molecule has 0 saturated heterocycles. The van der Waals surface area contributed by atoms with E-state index in [0.29, 0.717) is 26.6 Å². The van der Waals surface area contributed by atoms with E-state index < -0.39 is 17.9 Å². The number of fused-ring (bicyclic) bond motifs is 1. The van der Waals surface area contributed by atoms with Crippen molar-refractivity contribution in [3.05, 3.63) is 57.0 Å². The Labute approximate surface area is 179 Å². The van der Waals surface area contributed by atoms with E-state index >= 15 is 0 Å². The first kappa shape index (κ1) is 20.9. The predicted octanol–water partition coefficient (Wildman–Crippen LogP) is 3.80. The minimum atomic E-state index is -0.812. The van der Waals surface area contributed by atoms with Gasteiger partial charge in [-0.2, -0.15) is 0 Å². The van der Waals surface area contributed by atoms with Gasteiger partial charge in [0, 0.05) is 21.6 Å². The van der Waals surface area contributed by atoms with Gasteiger partial charge in [0.05, 0.1) is 4.88 Å². The minimum Gasteiger partial charge on any atom is -0.481 e. The van der Waals surface area contributed by atoms with Crippen LogP contribution in [0.4, 0.5) is 0 Å². The van der Waals surface area contributed by atoms with E-state index in [9.17, 15) is 14.4 Å². The highest BCUT2D eigenvalue weighted by molar-refractivity contribution is 9.10. The summed E-state index contributed by atoms with van der Waals surface area (Å²) in [6, 6.07) is 8.84. The molecule has 0 aliphatic heterocycles. The highest BCUT2D eigenvalue weighted by Crippen LogP contribution is 2.29. The normalized spacial score (nSPS) is 11.7. The van der Waals surface area contributed by atoms with Crippen LogP contribution >= 0.6 is 27.3 Å². The van der Waals surface area contributed by atoms with E-state index in [1.165, 1.54) is 24.5 Å². The molecule has 0 spiro atoms. The van der Waals surface area contributed by atoms with E-state index in [0.717, 1.165) is 9.86 Å². The van der Waals surface area contributed by atoms with Gasteiger partial charge in [0.15, 0.2) is 11.9 Å². The number of nitrogens with one attached hydrogen (secondary N) is 2. The SMILES string of the molecule is CC(=O)c1cnc2sc(C(=O)NNC(=O)C(C)Oc3cccc(Br)c3)c(C)c2c1. The number of hydrazine groups is 1. The van der Waals surface area contributed by atoms with Crippen molar-refractivity contribution in [2.24, 2.45) is 0 Å². The minimum absolute atomic E-state index is 0.0947. The van der Waals surface area contributed by atoms with E-state index in [1.54, 1.807) is 38.1 Å². The number of hydrogen-bond acceptors (Lipinski definition) is 6. The van der Waals surface area contributed by atoms with Gasteiger partial charge in [-0.3, -0.25) is 25.2 Å². The molecule has 9 heteroatoms. The predicted molar refractivity (Wildman–Crippen MR) is 114 cm³/mol. The van der Waals surface area contributed by atoms with Gasteiger partial charge in [-0.1, -0.05) is 22.0 Å². The Morgan fingerprint density at radius 3 is 2.66 bits per heavy atom. The van der Waals surface area contributed by atoms with E-state index in [2.05, 4.69) is 31.8 Å². The quantitative estimate of drug-likeness (QED) is 0.432. The van der Waals surface area contributed by atoms with Crippen LogP contribution in [0.1, 0.15) is 39.4 Å². The van der Waals surface area contributed by atoms with Gasteiger partial charge in [-0.05, 0) is 50.6 Å². The highest BCUT2D eigenvalue weighted by Gasteiger charge is 2.20. The van der Waals surface area contributed by atoms with Crippen LogP contribution < -0.4 is 15.6 Å². The van der Waals surface area contributed by atoms with Crippen molar-refractivity contribution >= 4 is 55.1 Å². The van der Waals surface area contributed by atoms with Crippen molar-refractivity contribution in [1.29, 1.82) is 0 Å². The average Bonchev–Trinajstić information content (AvgIpc) is 3.02. The van der Waals surface area contributed by atoms with Gasteiger partial charge in [0.25, 0.3) is 11.8 Å².